The number of carbonyl (C=O) groups is 1. The molecule has 0 unspecified atom stereocenters. The monoisotopic (exact) mass is 248 g/mol. The lowest BCUT2D eigenvalue weighted by atomic mass is 10.2. The molecule has 0 saturated carbocycles. The number of benzene rings is 1. The molecule has 2 N–H and O–H groups in total. The SMILES string of the molecule is O=C(CCN1CCCC1)Nc1cccc(CO)c1. The van der Waals surface area contributed by atoms with Gasteiger partial charge in [0.2, 0.25) is 5.91 Å². The van der Waals surface area contributed by atoms with Gasteiger partial charge in [-0.25, -0.2) is 0 Å². The molecule has 1 amide bonds. The first-order valence-electron chi connectivity index (χ1n) is 6.50. The molecule has 0 bridgehead atoms. The van der Waals surface area contributed by atoms with Crippen molar-refractivity contribution in [3.8, 4) is 0 Å². The van der Waals surface area contributed by atoms with Crippen LogP contribution in [0.15, 0.2) is 24.3 Å². The summed E-state index contributed by atoms with van der Waals surface area (Å²) in [5.74, 6) is 0.0389. The van der Waals surface area contributed by atoms with Crippen LogP contribution in [-0.4, -0.2) is 35.5 Å². The number of anilines is 1. The van der Waals surface area contributed by atoms with E-state index in [1.54, 1.807) is 6.07 Å². The number of nitrogens with zero attached hydrogens (tertiary/aromatic N) is 1. The first kappa shape index (κ1) is 13.1. The Bertz CT molecular complexity index is 401. The third-order valence-corrected chi connectivity index (χ3v) is 3.25. The van der Waals surface area contributed by atoms with Crippen molar-refractivity contribution < 1.29 is 9.90 Å². The Morgan fingerprint density at radius 1 is 1.33 bits per heavy atom. The van der Waals surface area contributed by atoms with Gasteiger partial charge in [0.05, 0.1) is 6.61 Å². The van der Waals surface area contributed by atoms with E-state index in [1.165, 1.54) is 12.8 Å². The van der Waals surface area contributed by atoms with Gasteiger partial charge < -0.3 is 15.3 Å². The molecule has 0 aliphatic carbocycles. The van der Waals surface area contributed by atoms with E-state index < -0.39 is 0 Å². The Labute approximate surface area is 108 Å². The molecule has 98 valence electrons. The van der Waals surface area contributed by atoms with Crippen LogP contribution in [-0.2, 0) is 11.4 Å². The molecule has 1 saturated heterocycles. The fourth-order valence-electron chi connectivity index (χ4n) is 2.24. The van der Waals surface area contributed by atoms with Gasteiger partial charge in [0, 0.05) is 18.7 Å². The molecule has 0 spiro atoms. The summed E-state index contributed by atoms with van der Waals surface area (Å²) in [4.78, 5) is 14.1. The summed E-state index contributed by atoms with van der Waals surface area (Å²) in [6.45, 7) is 3.07. The lowest BCUT2D eigenvalue weighted by Gasteiger charge is -2.14. The van der Waals surface area contributed by atoms with E-state index in [4.69, 9.17) is 5.11 Å². The van der Waals surface area contributed by atoms with E-state index in [1.807, 2.05) is 18.2 Å². The van der Waals surface area contributed by atoms with E-state index >= 15 is 0 Å². The molecule has 1 heterocycles. The topological polar surface area (TPSA) is 52.6 Å². The van der Waals surface area contributed by atoms with E-state index in [9.17, 15) is 4.79 Å². The molecule has 18 heavy (non-hydrogen) atoms. The number of aliphatic hydroxyl groups is 1. The minimum Gasteiger partial charge on any atom is -0.392 e. The smallest absolute Gasteiger partial charge is 0.225 e. The van der Waals surface area contributed by atoms with Crippen LogP contribution in [0.25, 0.3) is 0 Å². The first-order chi connectivity index (χ1) is 8.78. The number of nitrogens with one attached hydrogen (secondary N) is 1. The summed E-state index contributed by atoms with van der Waals surface area (Å²) in [5.41, 5.74) is 1.57. The zero-order valence-electron chi connectivity index (χ0n) is 10.6. The van der Waals surface area contributed by atoms with Crippen molar-refractivity contribution in [2.75, 3.05) is 25.0 Å². The second-order valence-corrected chi connectivity index (χ2v) is 4.71. The maximum atomic E-state index is 11.8. The van der Waals surface area contributed by atoms with Crippen LogP contribution in [0.2, 0.25) is 0 Å². The molecule has 1 aromatic carbocycles. The first-order valence-corrected chi connectivity index (χ1v) is 6.50. The predicted molar refractivity (Wildman–Crippen MR) is 71.3 cm³/mol. The molecule has 4 heteroatoms. The molecule has 2 rings (SSSR count). The summed E-state index contributed by atoms with van der Waals surface area (Å²) in [5, 5.41) is 11.9. The number of likely N-dealkylation sites (tertiary alicyclic amines) is 1. The normalized spacial score (nSPS) is 15.8. The predicted octanol–water partition coefficient (Wildman–Crippen LogP) is 1.60. The molecule has 1 aromatic rings. The summed E-state index contributed by atoms with van der Waals surface area (Å²) < 4.78 is 0. The lowest BCUT2D eigenvalue weighted by Crippen LogP contribution is -2.25. The quantitative estimate of drug-likeness (QED) is 0.832. The van der Waals surface area contributed by atoms with Crippen LogP contribution < -0.4 is 5.32 Å². The summed E-state index contributed by atoms with van der Waals surface area (Å²) in [6, 6.07) is 7.31. The number of hydrogen-bond acceptors (Lipinski definition) is 3. The molecule has 1 fully saturated rings. The molecule has 0 aromatic heterocycles. The molecular weight excluding hydrogens is 228 g/mol. The van der Waals surface area contributed by atoms with Crippen molar-refractivity contribution >= 4 is 11.6 Å². The fraction of sp³-hybridized carbons (Fsp3) is 0.500. The zero-order chi connectivity index (χ0) is 12.8. The highest BCUT2D eigenvalue weighted by Gasteiger charge is 2.12. The van der Waals surface area contributed by atoms with Crippen LogP contribution in [0.1, 0.15) is 24.8 Å². The van der Waals surface area contributed by atoms with E-state index in [0.29, 0.717) is 6.42 Å². The van der Waals surface area contributed by atoms with Gasteiger partial charge in [0.25, 0.3) is 0 Å². The third-order valence-electron chi connectivity index (χ3n) is 3.25. The van der Waals surface area contributed by atoms with Gasteiger partial charge in [0.15, 0.2) is 0 Å². The zero-order valence-corrected chi connectivity index (χ0v) is 10.6. The Hall–Kier alpha value is -1.39. The van der Waals surface area contributed by atoms with Crippen molar-refractivity contribution in [3.05, 3.63) is 29.8 Å². The van der Waals surface area contributed by atoms with Crippen LogP contribution in [0.3, 0.4) is 0 Å². The highest BCUT2D eigenvalue weighted by atomic mass is 16.3. The highest BCUT2D eigenvalue weighted by Crippen LogP contribution is 2.12. The minimum atomic E-state index is -0.00249. The van der Waals surface area contributed by atoms with Crippen molar-refractivity contribution in [3.63, 3.8) is 0 Å². The van der Waals surface area contributed by atoms with E-state index in [-0.39, 0.29) is 12.5 Å². The molecule has 4 nitrogen and oxygen atoms in total. The highest BCUT2D eigenvalue weighted by molar-refractivity contribution is 5.90. The largest absolute Gasteiger partial charge is 0.392 e. The molecule has 0 atom stereocenters. The summed E-state index contributed by atoms with van der Waals surface area (Å²) in [7, 11) is 0. The number of amides is 1. The maximum absolute atomic E-state index is 11.8. The van der Waals surface area contributed by atoms with E-state index in [2.05, 4.69) is 10.2 Å². The average Bonchev–Trinajstić information content (AvgIpc) is 2.90. The second-order valence-electron chi connectivity index (χ2n) is 4.71. The summed E-state index contributed by atoms with van der Waals surface area (Å²) in [6.07, 6.45) is 3.03. The lowest BCUT2D eigenvalue weighted by molar-refractivity contribution is -0.116. The van der Waals surface area contributed by atoms with Gasteiger partial charge in [0.1, 0.15) is 0 Å². The Morgan fingerprint density at radius 2 is 2.11 bits per heavy atom. The van der Waals surface area contributed by atoms with Crippen LogP contribution >= 0.6 is 0 Å². The Balaban J connectivity index is 1.78. The minimum absolute atomic E-state index is 0.00249. The van der Waals surface area contributed by atoms with Crippen LogP contribution in [0.5, 0.6) is 0 Å². The molecular formula is C14H20N2O2. The summed E-state index contributed by atoms with van der Waals surface area (Å²) >= 11 is 0. The molecule has 0 radical (unpaired) electrons. The Morgan fingerprint density at radius 3 is 2.83 bits per heavy atom. The second kappa shape index (κ2) is 6.52. The maximum Gasteiger partial charge on any atom is 0.225 e. The standard InChI is InChI=1S/C14H20N2O2/c17-11-12-4-3-5-13(10-12)15-14(18)6-9-16-7-1-2-8-16/h3-5,10,17H,1-2,6-9,11H2,(H,15,18). The van der Waals surface area contributed by atoms with Gasteiger partial charge in [-0.15, -0.1) is 0 Å². The number of carbonyl (C=O) groups excluding carboxylic acids is 1. The number of rotatable bonds is 5. The van der Waals surface area contributed by atoms with Crippen molar-refractivity contribution in [1.29, 1.82) is 0 Å². The van der Waals surface area contributed by atoms with Gasteiger partial charge in [-0.2, -0.15) is 0 Å². The van der Waals surface area contributed by atoms with E-state index in [0.717, 1.165) is 30.9 Å². The van der Waals surface area contributed by atoms with Gasteiger partial charge >= 0.3 is 0 Å². The number of aliphatic hydroxyl groups excluding tert-OH is 1. The Kier molecular flexibility index (Phi) is 4.73. The molecule has 1 aliphatic heterocycles. The third kappa shape index (κ3) is 3.82. The van der Waals surface area contributed by atoms with Crippen LogP contribution in [0.4, 0.5) is 5.69 Å². The van der Waals surface area contributed by atoms with Gasteiger partial charge in [-0.05, 0) is 43.6 Å². The van der Waals surface area contributed by atoms with Crippen molar-refractivity contribution in [2.45, 2.75) is 25.9 Å². The average molecular weight is 248 g/mol. The van der Waals surface area contributed by atoms with Crippen molar-refractivity contribution in [2.24, 2.45) is 0 Å². The number of hydrogen-bond donors (Lipinski definition) is 2. The van der Waals surface area contributed by atoms with Crippen LogP contribution in [0, 0.1) is 0 Å². The van der Waals surface area contributed by atoms with Crippen molar-refractivity contribution in [1.82, 2.24) is 4.90 Å². The molecule has 1 aliphatic rings. The van der Waals surface area contributed by atoms with Gasteiger partial charge in [-0.3, -0.25) is 4.79 Å². The van der Waals surface area contributed by atoms with Gasteiger partial charge in [-0.1, -0.05) is 12.1 Å². The fourth-order valence-corrected chi connectivity index (χ4v) is 2.24.